The van der Waals surface area contributed by atoms with Crippen LogP contribution in [0.2, 0.25) is 0 Å². The van der Waals surface area contributed by atoms with Crippen molar-refractivity contribution in [3.05, 3.63) is 52.0 Å². The Balaban J connectivity index is 1.42. The smallest absolute Gasteiger partial charge is 0.269 e. The first-order valence-electron chi connectivity index (χ1n) is 6.85. The minimum atomic E-state index is -0.439. The molecule has 0 bridgehead atoms. The van der Waals surface area contributed by atoms with E-state index in [-0.39, 0.29) is 5.69 Å². The van der Waals surface area contributed by atoms with Crippen molar-refractivity contribution in [3.8, 4) is 5.75 Å². The normalized spacial score (nSPS) is 10.7. The molecule has 0 aliphatic rings. The molecule has 0 atom stereocenters. The van der Waals surface area contributed by atoms with E-state index in [1.54, 1.807) is 34.9 Å². The van der Waals surface area contributed by atoms with Gasteiger partial charge in [0.2, 0.25) is 0 Å². The third-order valence-electron chi connectivity index (χ3n) is 2.84. The lowest BCUT2D eigenvalue weighted by Crippen LogP contribution is -2.00. The summed E-state index contributed by atoms with van der Waals surface area (Å²) < 4.78 is 8.09. The molecule has 2 heterocycles. The molecule has 0 radical (unpaired) electrons. The molecule has 9 nitrogen and oxygen atoms in total. The van der Waals surface area contributed by atoms with Crippen LogP contribution in [0, 0.1) is 10.1 Å². The number of nitro groups is 1. The van der Waals surface area contributed by atoms with Gasteiger partial charge in [0, 0.05) is 17.9 Å². The standard InChI is InChI=1S/C13H12N6O3S2/c20-19(21)10-1-3-11(4-2-10)22-5-6-23-13-17-16-12(24-13)7-18-9-14-8-15-18/h1-4,8-9H,5-7H2. The van der Waals surface area contributed by atoms with E-state index in [1.807, 2.05) is 0 Å². The van der Waals surface area contributed by atoms with E-state index in [9.17, 15) is 10.1 Å². The van der Waals surface area contributed by atoms with Gasteiger partial charge in [-0.3, -0.25) is 10.1 Å². The lowest BCUT2D eigenvalue weighted by atomic mass is 10.3. The second kappa shape index (κ2) is 7.84. The van der Waals surface area contributed by atoms with E-state index in [0.717, 1.165) is 9.35 Å². The third kappa shape index (κ3) is 4.49. The predicted molar refractivity (Wildman–Crippen MR) is 88.3 cm³/mol. The summed E-state index contributed by atoms with van der Waals surface area (Å²) in [4.78, 5) is 14.0. The summed E-state index contributed by atoms with van der Waals surface area (Å²) in [6.45, 7) is 1.03. The van der Waals surface area contributed by atoms with Gasteiger partial charge in [-0.2, -0.15) is 5.10 Å². The number of non-ortho nitro benzene ring substituents is 1. The Kier molecular flexibility index (Phi) is 5.33. The number of nitro benzene ring substituents is 1. The molecule has 0 N–H and O–H groups in total. The molecule has 0 amide bonds. The van der Waals surface area contributed by atoms with Gasteiger partial charge in [-0.15, -0.1) is 10.2 Å². The fraction of sp³-hybridized carbons (Fsp3) is 0.231. The molecular formula is C13H12N6O3S2. The molecule has 0 spiro atoms. The van der Waals surface area contributed by atoms with E-state index in [2.05, 4.69) is 20.3 Å². The monoisotopic (exact) mass is 364 g/mol. The van der Waals surface area contributed by atoms with E-state index >= 15 is 0 Å². The molecule has 0 saturated carbocycles. The first kappa shape index (κ1) is 16.3. The van der Waals surface area contributed by atoms with E-state index in [4.69, 9.17) is 4.74 Å². The average Bonchev–Trinajstić information content (AvgIpc) is 3.24. The Morgan fingerprint density at radius 2 is 2.12 bits per heavy atom. The molecule has 1 aromatic carbocycles. The number of nitrogens with zero attached hydrogens (tertiary/aromatic N) is 6. The molecule has 0 unspecified atom stereocenters. The van der Waals surface area contributed by atoms with Crippen molar-refractivity contribution in [1.82, 2.24) is 25.0 Å². The van der Waals surface area contributed by atoms with Crippen molar-refractivity contribution in [3.63, 3.8) is 0 Å². The zero-order valence-electron chi connectivity index (χ0n) is 12.3. The van der Waals surface area contributed by atoms with Gasteiger partial charge < -0.3 is 4.74 Å². The summed E-state index contributed by atoms with van der Waals surface area (Å²) in [5.41, 5.74) is 0.0468. The van der Waals surface area contributed by atoms with Gasteiger partial charge in [0.15, 0.2) is 4.34 Å². The zero-order chi connectivity index (χ0) is 16.8. The largest absolute Gasteiger partial charge is 0.493 e. The molecule has 0 aliphatic carbocycles. The van der Waals surface area contributed by atoms with Gasteiger partial charge >= 0.3 is 0 Å². The second-order valence-electron chi connectivity index (χ2n) is 4.50. The first-order chi connectivity index (χ1) is 11.7. The molecular weight excluding hydrogens is 352 g/mol. The van der Waals surface area contributed by atoms with Crippen molar-refractivity contribution in [2.24, 2.45) is 0 Å². The molecule has 0 aliphatic heterocycles. The van der Waals surface area contributed by atoms with Crippen LogP contribution < -0.4 is 4.74 Å². The van der Waals surface area contributed by atoms with Gasteiger partial charge in [0.1, 0.15) is 23.4 Å². The number of thioether (sulfide) groups is 1. The molecule has 11 heteroatoms. The topological polar surface area (TPSA) is 109 Å². The number of hydrogen-bond acceptors (Lipinski definition) is 9. The Morgan fingerprint density at radius 1 is 1.29 bits per heavy atom. The molecule has 3 rings (SSSR count). The van der Waals surface area contributed by atoms with Crippen molar-refractivity contribution in [1.29, 1.82) is 0 Å². The molecule has 124 valence electrons. The summed E-state index contributed by atoms with van der Waals surface area (Å²) in [6, 6.07) is 6.02. The van der Waals surface area contributed by atoms with Crippen LogP contribution in [0.5, 0.6) is 5.75 Å². The number of rotatable bonds is 8. The minimum absolute atomic E-state index is 0.0468. The average molecular weight is 364 g/mol. The van der Waals surface area contributed by atoms with Gasteiger partial charge in [-0.25, -0.2) is 9.67 Å². The Morgan fingerprint density at radius 3 is 2.83 bits per heavy atom. The maximum absolute atomic E-state index is 10.6. The van der Waals surface area contributed by atoms with Gasteiger partial charge in [0.05, 0.1) is 18.1 Å². The first-order valence-corrected chi connectivity index (χ1v) is 8.66. The second-order valence-corrected chi connectivity index (χ2v) is 6.91. The van der Waals surface area contributed by atoms with Crippen LogP contribution in [-0.4, -0.2) is 42.2 Å². The van der Waals surface area contributed by atoms with Crippen molar-refractivity contribution in [2.45, 2.75) is 10.9 Å². The molecule has 3 aromatic rings. The molecule has 2 aromatic heterocycles. The number of benzene rings is 1. The van der Waals surface area contributed by atoms with Gasteiger partial charge in [-0.05, 0) is 12.1 Å². The Hall–Kier alpha value is -2.53. The van der Waals surface area contributed by atoms with E-state index in [0.29, 0.717) is 24.7 Å². The van der Waals surface area contributed by atoms with Crippen LogP contribution in [0.25, 0.3) is 0 Å². The molecule has 0 fully saturated rings. The number of hydrogen-bond donors (Lipinski definition) is 0. The van der Waals surface area contributed by atoms with Crippen LogP contribution in [0.4, 0.5) is 5.69 Å². The van der Waals surface area contributed by atoms with Crippen LogP contribution in [0.3, 0.4) is 0 Å². The van der Waals surface area contributed by atoms with Gasteiger partial charge in [0.25, 0.3) is 5.69 Å². The lowest BCUT2D eigenvalue weighted by Gasteiger charge is -2.04. The summed E-state index contributed by atoms with van der Waals surface area (Å²) in [6.07, 6.45) is 3.11. The molecule has 24 heavy (non-hydrogen) atoms. The zero-order valence-corrected chi connectivity index (χ0v) is 13.9. The predicted octanol–water partition coefficient (Wildman–Crippen LogP) is 2.26. The highest BCUT2D eigenvalue weighted by atomic mass is 32.2. The summed E-state index contributed by atoms with van der Waals surface area (Å²) in [7, 11) is 0. The number of aromatic nitrogens is 5. The van der Waals surface area contributed by atoms with Gasteiger partial charge in [-0.1, -0.05) is 23.1 Å². The third-order valence-corrected chi connectivity index (χ3v) is 4.84. The van der Waals surface area contributed by atoms with Crippen LogP contribution in [-0.2, 0) is 6.54 Å². The maximum Gasteiger partial charge on any atom is 0.269 e. The summed E-state index contributed by atoms with van der Waals surface area (Å²) in [5, 5.41) is 23.7. The SMILES string of the molecule is O=[N+]([O-])c1ccc(OCCSc2nnc(Cn3cncn3)s2)cc1. The quantitative estimate of drug-likeness (QED) is 0.259. The maximum atomic E-state index is 10.6. The fourth-order valence-electron chi connectivity index (χ4n) is 1.77. The Bertz CT molecular complexity index is 790. The highest BCUT2D eigenvalue weighted by molar-refractivity contribution is 8.01. The lowest BCUT2D eigenvalue weighted by molar-refractivity contribution is -0.384. The van der Waals surface area contributed by atoms with Crippen molar-refractivity contribution < 1.29 is 9.66 Å². The van der Waals surface area contributed by atoms with Crippen molar-refractivity contribution in [2.75, 3.05) is 12.4 Å². The van der Waals surface area contributed by atoms with E-state index < -0.39 is 4.92 Å². The molecule has 0 saturated heterocycles. The van der Waals surface area contributed by atoms with E-state index in [1.165, 1.54) is 29.8 Å². The summed E-state index contributed by atoms with van der Waals surface area (Å²) >= 11 is 3.05. The van der Waals surface area contributed by atoms with Crippen LogP contribution in [0.1, 0.15) is 5.01 Å². The Labute approximate surface area is 144 Å². The highest BCUT2D eigenvalue weighted by Crippen LogP contribution is 2.23. The highest BCUT2D eigenvalue weighted by Gasteiger charge is 2.07. The fourth-order valence-corrected chi connectivity index (χ4v) is 3.54. The van der Waals surface area contributed by atoms with Crippen LogP contribution in [0.15, 0.2) is 41.3 Å². The van der Waals surface area contributed by atoms with Crippen molar-refractivity contribution >= 4 is 28.8 Å². The minimum Gasteiger partial charge on any atom is -0.493 e. The van der Waals surface area contributed by atoms with Crippen LogP contribution >= 0.6 is 23.1 Å². The summed E-state index contributed by atoms with van der Waals surface area (Å²) in [5.74, 6) is 1.31. The number of ether oxygens (including phenoxy) is 1.